The van der Waals surface area contributed by atoms with Crippen LogP contribution in [-0.2, 0) is 19.9 Å². The predicted octanol–water partition coefficient (Wildman–Crippen LogP) is 3.56. The van der Waals surface area contributed by atoms with Crippen LogP contribution in [0.3, 0.4) is 0 Å². The van der Waals surface area contributed by atoms with Crippen LogP contribution in [-0.4, -0.2) is 29.1 Å². The standard InChI is InChI=1S/C20H25BrO5/c1-9(2)11-6-7-19(4)13(11)12-8-10(3)15(21)16(22)14(12)20(25,17(19)23)18(24)26-5/h8-9,11,13,22,25H,6-7H2,1-5H3/t11-,13-,19-,20+/m1/s1. The van der Waals surface area contributed by atoms with Gasteiger partial charge in [0.25, 0.3) is 5.60 Å². The topological polar surface area (TPSA) is 83.8 Å². The Balaban J connectivity index is 2.42. The van der Waals surface area contributed by atoms with Gasteiger partial charge in [-0.3, -0.25) is 4.79 Å². The van der Waals surface area contributed by atoms with E-state index in [9.17, 15) is 19.8 Å². The van der Waals surface area contributed by atoms with Crippen molar-refractivity contribution in [2.45, 2.75) is 52.1 Å². The van der Waals surface area contributed by atoms with Crippen molar-refractivity contribution in [2.75, 3.05) is 7.11 Å². The Morgan fingerprint density at radius 2 is 2.04 bits per heavy atom. The molecule has 26 heavy (non-hydrogen) atoms. The van der Waals surface area contributed by atoms with Gasteiger partial charge in [-0.15, -0.1) is 0 Å². The highest BCUT2D eigenvalue weighted by Gasteiger charge is 2.66. The lowest BCUT2D eigenvalue weighted by Gasteiger charge is -2.46. The molecular weight excluding hydrogens is 400 g/mol. The molecule has 5 nitrogen and oxygen atoms in total. The molecule has 1 fully saturated rings. The number of benzene rings is 1. The minimum Gasteiger partial charge on any atom is -0.506 e. The smallest absolute Gasteiger partial charge is 0.350 e. The molecule has 142 valence electrons. The molecule has 1 saturated carbocycles. The number of Topliss-reactive ketones (excluding diaryl/α,β-unsaturated/α-hetero) is 1. The number of phenolic OH excluding ortho intramolecular Hbond substituents is 1. The van der Waals surface area contributed by atoms with E-state index in [4.69, 9.17) is 4.74 Å². The first-order chi connectivity index (χ1) is 12.0. The van der Waals surface area contributed by atoms with E-state index in [0.717, 1.165) is 19.1 Å². The molecule has 2 aliphatic rings. The summed E-state index contributed by atoms with van der Waals surface area (Å²) in [6.45, 7) is 7.91. The van der Waals surface area contributed by atoms with Gasteiger partial charge in [0.05, 0.1) is 11.6 Å². The van der Waals surface area contributed by atoms with Gasteiger partial charge < -0.3 is 14.9 Å². The monoisotopic (exact) mass is 424 g/mol. The summed E-state index contributed by atoms with van der Waals surface area (Å²) in [5.74, 6) is -1.50. The van der Waals surface area contributed by atoms with Crippen LogP contribution < -0.4 is 0 Å². The number of ether oxygens (including phenoxy) is 1. The summed E-state index contributed by atoms with van der Waals surface area (Å²) in [5.41, 5.74) is -1.94. The molecule has 0 aromatic heterocycles. The van der Waals surface area contributed by atoms with Crippen molar-refractivity contribution in [3.8, 4) is 5.75 Å². The molecule has 1 aromatic carbocycles. The molecule has 6 heteroatoms. The third-order valence-electron chi connectivity index (χ3n) is 6.44. The number of aliphatic hydroxyl groups is 1. The number of aryl methyl sites for hydroxylation is 1. The number of halogens is 1. The lowest BCUT2D eigenvalue weighted by Crippen LogP contribution is -2.56. The van der Waals surface area contributed by atoms with E-state index in [2.05, 4.69) is 29.8 Å². The number of phenols is 1. The quantitative estimate of drug-likeness (QED) is 0.559. The molecule has 2 aliphatic carbocycles. The van der Waals surface area contributed by atoms with Crippen LogP contribution in [0.1, 0.15) is 56.2 Å². The number of fused-ring (bicyclic) bond motifs is 3. The van der Waals surface area contributed by atoms with Crippen molar-refractivity contribution < 1.29 is 24.5 Å². The predicted molar refractivity (Wildman–Crippen MR) is 99.9 cm³/mol. The van der Waals surface area contributed by atoms with E-state index < -0.39 is 22.8 Å². The Kier molecular flexibility index (Phi) is 4.51. The normalized spacial score (nSPS) is 33.2. The molecule has 0 amide bonds. The van der Waals surface area contributed by atoms with Gasteiger partial charge in [0.15, 0.2) is 5.78 Å². The van der Waals surface area contributed by atoms with E-state index >= 15 is 0 Å². The zero-order valence-electron chi connectivity index (χ0n) is 15.7. The molecule has 2 N–H and O–H groups in total. The molecule has 0 aliphatic heterocycles. The fourth-order valence-corrected chi connectivity index (χ4v) is 5.42. The number of aromatic hydroxyl groups is 1. The van der Waals surface area contributed by atoms with Crippen LogP contribution >= 0.6 is 15.9 Å². The molecule has 4 atom stereocenters. The number of rotatable bonds is 2. The van der Waals surface area contributed by atoms with Crippen LogP contribution in [0.2, 0.25) is 0 Å². The fraction of sp³-hybridized carbons (Fsp3) is 0.600. The van der Waals surface area contributed by atoms with Gasteiger partial charge in [-0.2, -0.15) is 0 Å². The van der Waals surface area contributed by atoms with Gasteiger partial charge in [-0.25, -0.2) is 4.79 Å². The first-order valence-corrected chi connectivity index (χ1v) is 9.69. The molecule has 0 unspecified atom stereocenters. The molecule has 0 heterocycles. The SMILES string of the molecule is COC(=O)[C@@]1(O)C(=O)[C@]2(C)CC[C@H](C(C)C)[C@@H]2c2cc(C)c(Br)c(O)c21. The molecule has 0 saturated heterocycles. The van der Waals surface area contributed by atoms with Gasteiger partial charge in [0.1, 0.15) is 5.75 Å². The average molecular weight is 425 g/mol. The lowest BCUT2D eigenvalue weighted by atomic mass is 9.57. The van der Waals surface area contributed by atoms with E-state index in [0.29, 0.717) is 22.4 Å². The Morgan fingerprint density at radius 1 is 1.42 bits per heavy atom. The number of methoxy groups -OCH3 is 1. The molecule has 0 radical (unpaired) electrons. The summed E-state index contributed by atoms with van der Waals surface area (Å²) in [6, 6.07) is 1.88. The molecule has 0 spiro atoms. The first kappa shape index (κ1) is 19.4. The van der Waals surface area contributed by atoms with Crippen LogP contribution in [0.5, 0.6) is 5.75 Å². The Hall–Kier alpha value is -1.40. The van der Waals surface area contributed by atoms with E-state index in [-0.39, 0.29) is 23.1 Å². The van der Waals surface area contributed by atoms with Crippen molar-refractivity contribution in [3.63, 3.8) is 0 Å². The maximum absolute atomic E-state index is 13.5. The summed E-state index contributed by atoms with van der Waals surface area (Å²) in [5, 5.41) is 22.1. The van der Waals surface area contributed by atoms with Crippen LogP contribution in [0.4, 0.5) is 0 Å². The van der Waals surface area contributed by atoms with Crippen LogP contribution in [0, 0.1) is 24.2 Å². The number of hydrogen-bond acceptors (Lipinski definition) is 5. The summed E-state index contributed by atoms with van der Waals surface area (Å²) in [6.07, 6.45) is 1.42. The Labute approximate surface area is 161 Å². The Bertz CT molecular complexity index is 802. The maximum Gasteiger partial charge on any atom is 0.350 e. The fourth-order valence-electron chi connectivity index (χ4n) is 5.10. The number of hydrogen-bond donors (Lipinski definition) is 2. The van der Waals surface area contributed by atoms with Crippen molar-refractivity contribution in [2.24, 2.45) is 17.3 Å². The largest absolute Gasteiger partial charge is 0.506 e. The summed E-state index contributed by atoms with van der Waals surface area (Å²) >= 11 is 3.31. The zero-order chi connectivity index (χ0) is 19.6. The molecule has 1 aromatic rings. The van der Waals surface area contributed by atoms with Crippen molar-refractivity contribution >= 4 is 27.7 Å². The summed E-state index contributed by atoms with van der Waals surface area (Å²) < 4.78 is 5.15. The number of carbonyl (C=O) groups is 2. The van der Waals surface area contributed by atoms with Gasteiger partial charge in [-0.05, 0) is 64.6 Å². The third-order valence-corrected chi connectivity index (χ3v) is 7.45. The van der Waals surface area contributed by atoms with Gasteiger partial charge in [0.2, 0.25) is 0 Å². The summed E-state index contributed by atoms with van der Waals surface area (Å²) in [7, 11) is 1.13. The molecule has 0 bridgehead atoms. The minimum absolute atomic E-state index is 0.0261. The number of esters is 1. The van der Waals surface area contributed by atoms with E-state index in [1.807, 2.05) is 19.9 Å². The Morgan fingerprint density at radius 3 is 2.58 bits per heavy atom. The highest BCUT2D eigenvalue weighted by Crippen LogP contribution is 2.63. The van der Waals surface area contributed by atoms with Gasteiger partial charge >= 0.3 is 5.97 Å². The number of carbonyl (C=O) groups excluding carboxylic acids is 2. The third kappa shape index (κ3) is 2.24. The van der Waals surface area contributed by atoms with E-state index in [1.165, 1.54) is 0 Å². The lowest BCUT2D eigenvalue weighted by molar-refractivity contribution is -0.176. The zero-order valence-corrected chi connectivity index (χ0v) is 17.3. The van der Waals surface area contributed by atoms with Gasteiger partial charge in [0, 0.05) is 11.0 Å². The number of ketones is 1. The summed E-state index contributed by atoms with van der Waals surface area (Å²) in [4.78, 5) is 26.0. The molecule has 3 rings (SSSR count). The second-order valence-corrected chi connectivity index (χ2v) is 8.99. The maximum atomic E-state index is 13.5. The molecular formula is C20H25BrO5. The first-order valence-electron chi connectivity index (χ1n) is 8.89. The highest BCUT2D eigenvalue weighted by atomic mass is 79.9. The van der Waals surface area contributed by atoms with E-state index in [1.54, 1.807) is 0 Å². The second-order valence-electron chi connectivity index (χ2n) is 8.19. The minimum atomic E-state index is -2.50. The van der Waals surface area contributed by atoms with Gasteiger partial charge in [-0.1, -0.05) is 26.8 Å². The van der Waals surface area contributed by atoms with Crippen molar-refractivity contribution in [1.29, 1.82) is 0 Å². The van der Waals surface area contributed by atoms with Crippen LogP contribution in [0.25, 0.3) is 0 Å². The van der Waals surface area contributed by atoms with Crippen molar-refractivity contribution in [1.82, 2.24) is 0 Å². The average Bonchev–Trinajstić information content (AvgIpc) is 2.95. The van der Waals surface area contributed by atoms with Crippen molar-refractivity contribution in [3.05, 3.63) is 27.2 Å². The second kappa shape index (κ2) is 6.06. The van der Waals surface area contributed by atoms with Crippen LogP contribution in [0.15, 0.2) is 10.5 Å². The highest BCUT2D eigenvalue weighted by molar-refractivity contribution is 9.10.